The Morgan fingerprint density at radius 3 is 2.59 bits per heavy atom. The summed E-state index contributed by atoms with van der Waals surface area (Å²) in [6, 6.07) is 4.97. The molecule has 0 spiro atoms. The van der Waals surface area contributed by atoms with Gasteiger partial charge in [-0.15, -0.1) is 0 Å². The molecule has 4 rings (SSSR count). The van der Waals surface area contributed by atoms with Crippen molar-refractivity contribution in [3.63, 3.8) is 0 Å². The zero-order chi connectivity index (χ0) is 20.4. The molecule has 1 aliphatic heterocycles. The summed E-state index contributed by atoms with van der Waals surface area (Å²) < 4.78 is 2.07. The highest BCUT2D eigenvalue weighted by Gasteiger charge is 2.21. The molecule has 29 heavy (non-hydrogen) atoms. The number of rotatable bonds is 6. The van der Waals surface area contributed by atoms with Crippen molar-refractivity contribution in [2.45, 2.75) is 44.8 Å². The van der Waals surface area contributed by atoms with Crippen LogP contribution in [0.4, 0.5) is 5.95 Å². The van der Waals surface area contributed by atoms with Crippen molar-refractivity contribution in [2.75, 3.05) is 30.3 Å². The molecule has 0 unspecified atom stereocenters. The average molecular weight is 411 g/mol. The van der Waals surface area contributed by atoms with E-state index < -0.39 is 0 Å². The summed E-state index contributed by atoms with van der Waals surface area (Å²) in [6.07, 6.45) is 6.09. The molecule has 0 saturated carbocycles. The largest absolute Gasteiger partial charge is 0.341 e. The molecule has 1 aliphatic rings. The van der Waals surface area contributed by atoms with Crippen LogP contribution < -0.4 is 10.2 Å². The predicted molar refractivity (Wildman–Crippen MR) is 121 cm³/mol. The number of fused-ring (bicyclic) bond motifs is 1. The van der Waals surface area contributed by atoms with Crippen molar-refractivity contribution in [2.24, 2.45) is 7.05 Å². The molecule has 0 atom stereocenters. The van der Waals surface area contributed by atoms with E-state index in [1.165, 1.54) is 16.5 Å². The van der Waals surface area contributed by atoms with E-state index in [9.17, 15) is 0 Å². The van der Waals surface area contributed by atoms with Crippen LogP contribution >= 0.6 is 11.8 Å². The molecule has 154 valence electrons. The smallest absolute Gasteiger partial charge is 0.226 e. The number of aromatic nitrogens is 4. The summed E-state index contributed by atoms with van der Waals surface area (Å²) in [6.45, 7) is 9.39. The molecule has 7 heteroatoms. The number of anilines is 1. The van der Waals surface area contributed by atoms with E-state index in [2.05, 4.69) is 52.7 Å². The van der Waals surface area contributed by atoms with Gasteiger partial charge in [0, 0.05) is 56.3 Å². The Labute approximate surface area is 177 Å². The molecule has 1 saturated heterocycles. The van der Waals surface area contributed by atoms with Crippen LogP contribution in [0.5, 0.6) is 0 Å². The highest BCUT2D eigenvalue weighted by molar-refractivity contribution is 7.99. The van der Waals surface area contributed by atoms with Gasteiger partial charge in [-0.25, -0.2) is 15.0 Å². The maximum Gasteiger partial charge on any atom is 0.226 e. The third-order valence-corrected chi connectivity index (χ3v) is 6.87. The minimum absolute atomic E-state index is 0.569. The van der Waals surface area contributed by atoms with E-state index in [-0.39, 0.29) is 0 Å². The Bertz CT molecular complexity index is 990. The molecule has 3 aromatic rings. The first-order chi connectivity index (χ1) is 14.0. The van der Waals surface area contributed by atoms with Crippen molar-refractivity contribution in [1.29, 1.82) is 0 Å². The fourth-order valence-corrected chi connectivity index (χ4v) is 4.65. The maximum absolute atomic E-state index is 4.88. The van der Waals surface area contributed by atoms with Crippen LogP contribution in [0.25, 0.3) is 10.9 Å². The topological polar surface area (TPSA) is 58.9 Å². The van der Waals surface area contributed by atoms with Gasteiger partial charge >= 0.3 is 0 Å². The Morgan fingerprint density at radius 2 is 1.86 bits per heavy atom. The quantitative estimate of drug-likeness (QED) is 0.495. The van der Waals surface area contributed by atoms with Gasteiger partial charge < -0.3 is 14.8 Å². The van der Waals surface area contributed by atoms with Gasteiger partial charge in [0.25, 0.3) is 0 Å². The van der Waals surface area contributed by atoms with Crippen molar-refractivity contribution in [3.05, 3.63) is 41.3 Å². The van der Waals surface area contributed by atoms with Crippen LogP contribution in [0.15, 0.2) is 29.7 Å². The summed E-state index contributed by atoms with van der Waals surface area (Å²) in [4.78, 5) is 16.4. The molecule has 0 radical (unpaired) electrons. The highest BCUT2D eigenvalue weighted by Crippen LogP contribution is 2.24. The zero-order valence-electron chi connectivity index (χ0n) is 17.8. The number of thioether (sulfide) groups is 1. The number of aryl methyl sites for hydroxylation is 4. The lowest BCUT2D eigenvalue weighted by molar-refractivity contribution is 0.422. The molecular weight excluding hydrogens is 380 g/mol. The Balaban J connectivity index is 1.31. The van der Waals surface area contributed by atoms with E-state index in [0.29, 0.717) is 6.04 Å². The second-order valence-corrected chi connectivity index (χ2v) is 9.01. The Morgan fingerprint density at radius 1 is 1.10 bits per heavy atom. The van der Waals surface area contributed by atoms with E-state index in [1.54, 1.807) is 11.8 Å². The lowest BCUT2D eigenvalue weighted by Gasteiger charge is -2.32. The summed E-state index contributed by atoms with van der Waals surface area (Å²) in [5, 5.41) is 5.95. The van der Waals surface area contributed by atoms with Crippen LogP contribution in [0, 0.1) is 20.8 Å². The second-order valence-electron chi connectivity index (χ2n) is 7.95. The number of nitrogens with zero attached hydrogens (tertiary/aromatic N) is 5. The van der Waals surface area contributed by atoms with Crippen molar-refractivity contribution in [1.82, 2.24) is 24.8 Å². The molecule has 1 aromatic carbocycles. The molecule has 3 heterocycles. The lowest BCUT2D eigenvalue weighted by atomic mass is 10.0. The SMILES string of the molecule is Cc1cc2nc(N3CCC(NCCSc4nccn4C)CC3)nc(C)c2cc1C. The Hall–Kier alpha value is -2.12. The van der Waals surface area contributed by atoms with E-state index in [0.717, 1.165) is 60.5 Å². The van der Waals surface area contributed by atoms with Gasteiger partial charge in [0.2, 0.25) is 5.95 Å². The first-order valence-corrected chi connectivity index (χ1v) is 11.3. The van der Waals surface area contributed by atoms with Gasteiger partial charge in [0.15, 0.2) is 5.16 Å². The molecule has 6 nitrogen and oxygen atoms in total. The van der Waals surface area contributed by atoms with Gasteiger partial charge in [0.1, 0.15) is 0 Å². The normalized spacial score (nSPS) is 15.4. The molecule has 0 amide bonds. The molecule has 1 fully saturated rings. The molecule has 0 bridgehead atoms. The van der Waals surface area contributed by atoms with Crippen molar-refractivity contribution < 1.29 is 0 Å². The van der Waals surface area contributed by atoms with Crippen LogP contribution in [0.1, 0.15) is 29.7 Å². The maximum atomic E-state index is 4.88. The zero-order valence-corrected chi connectivity index (χ0v) is 18.6. The van der Waals surface area contributed by atoms with Crippen LogP contribution in [0.3, 0.4) is 0 Å². The number of imidazole rings is 1. The fourth-order valence-electron chi connectivity index (χ4n) is 3.85. The van der Waals surface area contributed by atoms with Gasteiger partial charge in [-0.3, -0.25) is 0 Å². The van der Waals surface area contributed by atoms with Gasteiger partial charge in [-0.05, 0) is 56.9 Å². The third kappa shape index (κ3) is 4.56. The van der Waals surface area contributed by atoms with Gasteiger partial charge in [-0.2, -0.15) is 0 Å². The van der Waals surface area contributed by atoms with Crippen molar-refractivity contribution >= 4 is 28.6 Å². The van der Waals surface area contributed by atoms with E-state index in [4.69, 9.17) is 9.97 Å². The van der Waals surface area contributed by atoms with Crippen LogP contribution in [0.2, 0.25) is 0 Å². The fraction of sp³-hybridized carbons (Fsp3) is 0.500. The summed E-state index contributed by atoms with van der Waals surface area (Å²) in [5.74, 6) is 1.92. The molecule has 0 aliphatic carbocycles. The minimum atomic E-state index is 0.569. The van der Waals surface area contributed by atoms with Gasteiger partial charge in [-0.1, -0.05) is 11.8 Å². The summed E-state index contributed by atoms with van der Waals surface area (Å²) in [7, 11) is 2.04. The number of piperidine rings is 1. The summed E-state index contributed by atoms with van der Waals surface area (Å²) in [5.41, 5.74) is 4.71. The number of nitrogens with one attached hydrogen (secondary N) is 1. The van der Waals surface area contributed by atoms with Crippen LogP contribution in [-0.4, -0.2) is 50.9 Å². The number of hydrogen-bond donors (Lipinski definition) is 1. The lowest BCUT2D eigenvalue weighted by Crippen LogP contribution is -2.43. The van der Waals surface area contributed by atoms with Crippen LogP contribution in [-0.2, 0) is 7.05 Å². The molecule has 2 aromatic heterocycles. The van der Waals surface area contributed by atoms with E-state index >= 15 is 0 Å². The standard InChI is InChI=1S/C22H30N6S/c1-15-13-19-17(3)25-21(26-20(19)14-16(15)2)28-9-5-18(6-10-28)23-8-12-29-22-24-7-11-27(22)4/h7,11,13-14,18,23H,5-6,8-10,12H2,1-4H3. The molecule has 1 N–H and O–H groups in total. The monoisotopic (exact) mass is 410 g/mol. The minimum Gasteiger partial charge on any atom is -0.341 e. The first-order valence-electron chi connectivity index (χ1n) is 10.4. The van der Waals surface area contributed by atoms with Gasteiger partial charge in [0.05, 0.1) is 11.2 Å². The number of benzene rings is 1. The third-order valence-electron chi connectivity index (χ3n) is 5.81. The van der Waals surface area contributed by atoms with E-state index in [1.807, 2.05) is 19.4 Å². The number of hydrogen-bond acceptors (Lipinski definition) is 6. The molecular formula is C22H30N6S. The Kier molecular flexibility index (Phi) is 6.06. The highest BCUT2D eigenvalue weighted by atomic mass is 32.2. The van der Waals surface area contributed by atoms with Crippen molar-refractivity contribution in [3.8, 4) is 0 Å². The second kappa shape index (κ2) is 8.71. The summed E-state index contributed by atoms with van der Waals surface area (Å²) >= 11 is 1.80. The first kappa shape index (κ1) is 20.2. The predicted octanol–water partition coefficient (Wildman–Crippen LogP) is 3.64. The average Bonchev–Trinajstić information content (AvgIpc) is 3.12.